The van der Waals surface area contributed by atoms with Crippen molar-refractivity contribution in [2.75, 3.05) is 38.6 Å². The summed E-state index contributed by atoms with van der Waals surface area (Å²) in [4.78, 5) is 13.5. The third kappa shape index (κ3) is 3.17. The summed E-state index contributed by atoms with van der Waals surface area (Å²) in [6.07, 6.45) is 1.26. The highest BCUT2D eigenvalue weighted by Crippen LogP contribution is 2.17. The van der Waals surface area contributed by atoms with Crippen LogP contribution >= 0.6 is 0 Å². The van der Waals surface area contributed by atoms with E-state index in [9.17, 15) is 0 Å². The van der Waals surface area contributed by atoms with Gasteiger partial charge in [0, 0.05) is 32.4 Å². The van der Waals surface area contributed by atoms with E-state index in [-0.39, 0.29) is 0 Å². The van der Waals surface area contributed by atoms with Crippen LogP contribution in [0.4, 0.5) is 5.95 Å². The molecule has 0 saturated carbocycles. The molecular weight excluding hydrogens is 226 g/mol. The maximum atomic E-state index is 5.65. The molecule has 0 spiro atoms. The highest BCUT2D eigenvalue weighted by Gasteiger charge is 2.21. The number of likely N-dealkylation sites (tertiary alicyclic amines) is 1. The highest BCUT2D eigenvalue weighted by atomic mass is 15.2. The second-order valence-electron chi connectivity index (χ2n) is 5.30. The Morgan fingerprint density at radius 1 is 1.50 bits per heavy atom. The Bertz CT molecular complexity index is 406. The van der Waals surface area contributed by atoms with Gasteiger partial charge in [0.2, 0.25) is 5.95 Å². The Balaban J connectivity index is 2.03. The van der Waals surface area contributed by atoms with Crippen molar-refractivity contribution in [3.63, 3.8) is 0 Å². The molecule has 1 aliphatic rings. The molecule has 18 heavy (non-hydrogen) atoms. The Labute approximate surface area is 109 Å². The van der Waals surface area contributed by atoms with Gasteiger partial charge in [-0.05, 0) is 38.9 Å². The van der Waals surface area contributed by atoms with Crippen LogP contribution in [0.15, 0.2) is 6.07 Å². The molecule has 1 aliphatic heterocycles. The Hall–Kier alpha value is -1.20. The van der Waals surface area contributed by atoms with E-state index in [4.69, 9.17) is 5.73 Å². The van der Waals surface area contributed by atoms with E-state index in [1.54, 1.807) is 0 Å². The third-order valence-electron chi connectivity index (χ3n) is 3.47. The van der Waals surface area contributed by atoms with E-state index in [1.807, 2.05) is 13.0 Å². The monoisotopic (exact) mass is 249 g/mol. The van der Waals surface area contributed by atoms with Crippen molar-refractivity contribution >= 4 is 5.95 Å². The second kappa shape index (κ2) is 5.63. The van der Waals surface area contributed by atoms with Crippen LogP contribution < -0.4 is 10.6 Å². The summed E-state index contributed by atoms with van der Waals surface area (Å²) < 4.78 is 0. The fraction of sp³-hybridized carbons (Fsp3) is 0.692. The summed E-state index contributed by atoms with van der Waals surface area (Å²) in [6.45, 7) is 5.83. The molecule has 1 fully saturated rings. The van der Waals surface area contributed by atoms with Gasteiger partial charge in [0.25, 0.3) is 0 Å². The Morgan fingerprint density at radius 3 is 2.89 bits per heavy atom. The average molecular weight is 249 g/mol. The molecule has 0 aromatic carbocycles. The van der Waals surface area contributed by atoms with Crippen molar-refractivity contribution in [3.05, 3.63) is 17.5 Å². The molecule has 0 bridgehead atoms. The van der Waals surface area contributed by atoms with Gasteiger partial charge in [-0.1, -0.05) is 0 Å². The quantitative estimate of drug-likeness (QED) is 0.848. The van der Waals surface area contributed by atoms with E-state index < -0.39 is 0 Å². The lowest BCUT2D eigenvalue weighted by Crippen LogP contribution is -2.29. The van der Waals surface area contributed by atoms with Crippen molar-refractivity contribution in [2.45, 2.75) is 19.9 Å². The largest absolute Gasteiger partial charge is 0.344 e. The van der Waals surface area contributed by atoms with Crippen molar-refractivity contribution in [1.29, 1.82) is 0 Å². The summed E-state index contributed by atoms with van der Waals surface area (Å²) in [5.74, 6) is 1.51. The Kier molecular flexibility index (Phi) is 4.14. The van der Waals surface area contributed by atoms with Gasteiger partial charge < -0.3 is 15.5 Å². The number of rotatable bonds is 4. The fourth-order valence-corrected chi connectivity index (χ4v) is 2.54. The number of hydrogen-bond acceptors (Lipinski definition) is 5. The van der Waals surface area contributed by atoms with Crippen LogP contribution in [0, 0.1) is 12.8 Å². The van der Waals surface area contributed by atoms with Crippen molar-refractivity contribution < 1.29 is 0 Å². The molecule has 5 nitrogen and oxygen atoms in total. The lowest BCUT2D eigenvalue weighted by molar-refractivity contribution is 0.395. The van der Waals surface area contributed by atoms with Crippen molar-refractivity contribution in [3.8, 4) is 0 Å². The number of aryl methyl sites for hydroxylation is 1. The fourth-order valence-electron chi connectivity index (χ4n) is 2.54. The van der Waals surface area contributed by atoms with Crippen LogP contribution in [0.1, 0.15) is 17.8 Å². The van der Waals surface area contributed by atoms with Crippen LogP contribution in [-0.2, 0) is 6.54 Å². The standard InChI is InChI=1S/C13H23N5/c1-10-6-12(7-14)16-13(15-10)18(3)9-11-4-5-17(2)8-11/h6,11H,4-5,7-9,14H2,1-3H3. The predicted octanol–water partition coefficient (Wildman–Crippen LogP) is 0.632. The van der Waals surface area contributed by atoms with Gasteiger partial charge in [-0.25, -0.2) is 9.97 Å². The second-order valence-corrected chi connectivity index (χ2v) is 5.30. The summed E-state index contributed by atoms with van der Waals surface area (Å²) in [5, 5.41) is 0. The summed E-state index contributed by atoms with van der Waals surface area (Å²) in [7, 11) is 4.24. The molecule has 0 amide bonds. The van der Waals surface area contributed by atoms with Crippen LogP contribution in [0.3, 0.4) is 0 Å². The first-order chi connectivity index (χ1) is 8.58. The number of nitrogens with two attached hydrogens (primary N) is 1. The van der Waals surface area contributed by atoms with Gasteiger partial charge in [0.1, 0.15) is 0 Å². The molecular formula is C13H23N5. The van der Waals surface area contributed by atoms with Crippen LogP contribution in [-0.4, -0.2) is 48.6 Å². The van der Waals surface area contributed by atoms with E-state index >= 15 is 0 Å². The molecule has 0 aliphatic carbocycles. The molecule has 100 valence electrons. The molecule has 1 aromatic heterocycles. The van der Waals surface area contributed by atoms with E-state index in [0.29, 0.717) is 12.5 Å². The maximum Gasteiger partial charge on any atom is 0.225 e. The van der Waals surface area contributed by atoms with Crippen LogP contribution in [0.5, 0.6) is 0 Å². The smallest absolute Gasteiger partial charge is 0.225 e. The topological polar surface area (TPSA) is 58.3 Å². The van der Waals surface area contributed by atoms with Gasteiger partial charge in [-0.15, -0.1) is 0 Å². The molecule has 5 heteroatoms. The number of aromatic nitrogens is 2. The zero-order valence-electron chi connectivity index (χ0n) is 11.6. The molecule has 1 atom stereocenters. The van der Waals surface area contributed by atoms with E-state index in [0.717, 1.165) is 23.9 Å². The first-order valence-electron chi connectivity index (χ1n) is 6.53. The molecule has 0 radical (unpaired) electrons. The summed E-state index contributed by atoms with van der Waals surface area (Å²) >= 11 is 0. The zero-order chi connectivity index (χ0) is 13.1. The van der Waals surface area contributed by atoms with Gasteiger partial charge in [0.05, 0.1) is 5.69 Å². The molecule has 1 unspecified atom stereocenters. The normalized spacial score (nSPS) is 20.3. The lowest BCUT2D eigenvalue weighted by atomic mass is 10.1. The average Bonchev–Trinajstić information content (AvgIpc) is 2.73. The summed E-state index contributed by atoms with van der Waals surface area (Å²) in [5.41, 5.74) is 7.55. The minimum Gasteiger partial charge on any atom is -0.344 e. The zero-order valence-corrected chi connectivity index (χ0v) is 11.6. The Morgan fingerprint density at radius 2 is 2.28 bits per heavy atom. The lowest BCUT2D eigenvalue weighted by Gasteiger charge is -2.21. The molecule has 2 heterocycles. The number of hydrogen-bond donors (Lipinski definition) is 1. The minimum atomic E-state index is 0.469. The van der Waals surface area contributed by atoms with E-state index in [1.165, 1.54) is 19.5 Å². The van der Waals surface area contributed by atoms with Crippen molar-refractivity contribution in [2.24, 2.45) is 11.7 Å². The SMILES string of the molecule is Cc1cc(CN)nc(N(C)CC2CCN(C)C2)n1. The van der Waals surface area contributed by atoms with Gasteiger partial charge in [-0.3, -0.25) is 0 Å². The first-order valence-corrected chi connectivity index (χ1v) is 6.53. The van der Waals surface area contributed by atoms with Gasteiger partial charge in [0.15, 0.2) is 0 Å². The highest BCUT2D eigenvalue weighted by molar-refractivity contribution is 5.31. The molecule has 2 rings (SSSR count). The maximum absolute atomic E-state index is 5.65. The number of nitrogens with zero attached hydrogens (tertiary/aromatic N) is 4. The molecule has 1 aromatic rings. The molecule has 2 N–H and O–H groups in total. The third-order valence-corrected chi connectivity index (χ3v) is 3.47. The van der Waals surface area contributed by atoms with Crippen LogP contribution in [0.2, 0.25) is 0 Å². The van der Waals surface area contributed by atoms with E-state index in [2.05, 4.69) is 33.9 Å². The molecule has 1 saturated heterocycles. The first kappa shape index (κ1) is 13.2. The van der Waals surface area contributed by atoms with Gasteiger partial charge in [-0.2, -0.15) is 0 Å². The van der Waals surface area contributed by atoms with Crippen molar-refractivity contribution in [1.82, 2.24) is 14.9 Å². The summed E-state index contributed by atoms with van der Waals surface area (Å²) in [6, 6.07) is 1.95. The van der Waals surface area contributed by atoms with Crippen LogP contribution in [0.25, 0.3) is 0 Å². The minimum absolute atomic E-state index is 0.469. The predicted molar refractivity (Wildman–Crippen MR) is 73.5 cm³/mol. The van der Waals surface area contributed by atoms with Gasteiger partial charge >= 0.3 is 0 Å². The number of anilines is 1.